The fourth-order valence-corrected chi connectivity index (χ4v) is 0. The van der Waals surface area contributed by atoms with Crippen LogP contribution in [0.3, 0.4) is 0 Å². The van der Waals surface area contributed by atoms with Crippen molar-refractivity contribution in [3.63, 3.8) is 0 Å². The summed E-state index contributed by atoms with van der Waals surface area (Å²) in [6.45, 7) is 13.2. The Balaban J connectivity index is -0.0000000646. The van der Waals surface area contributed by atoms with E-state index in [1.807, 2.05) is 0 Å². The van der Waals surface area contributed by atoms with Gasteiger partial charge in [-0.05, 0) is 20.0 Å². The van der Waals surface area contributed by atoms with Crippen molar-refractivity contribution in [2.24, 2.45) is 0 Å². The van der Waals surface area contributed by atoms with Crippen LogP contribution in [-0.2, 0) is 18.2 Å². The molecule has 0 spiro atoms. The van der Waals surface area contributed by atoms with Crippen LogP contribution in [0, 0.1) is 6.92 Å². The third kappa shape index (κ3) is 446. The van der Waals surface area contributed by atoms with Gasteiger partial charge in [0.2, 0.25) is 0 Å². The van der Waals surface area contributed by atoms with Crippen LogP contribution in [0.2, 0.25) is 0 Å². The third-order valence-corrected chi connectivity index (χ3v) is 0. The average Bonchev–Trinajstić information content (AvgIpc) is 1.71. The minimum atomic E-state index is 0.380. The van der Waals surface area contributed by atoms with Crippen molar-refractivity contribution in [3.05, 3.63) is 19.6 Å². The maximum atomic E-state index is 4.49. The van der Waals surface area contributed by atoms with Gasteiger partial charge in [-0.25, -0.2) is 19.6 Å². The molecule has 0 saturated heterocycles. The van der Waals surface area contributed by atoms with Crippen LogP contribution < -0.4 is 0 Å². The molecule has 0 bridgehead atoms. The molecule has 0 saturated carbocycles. The molecule has 0 unspecified atom stereocenters. The zero-order valence-corrected chi connectivity index (χ0v) is 9.34. The second-order valence-electron chi connectivity index (χ2n) is 1.63. The molecule has 0 aromatic carbocycles. The molecule has 3 heteroatoms. The number of halogens is 1. The molecule has 0 radical (unpaired) electrons. The van der Waals surface area contributed by atoms with E-state index >= 15 is 0 Å². The Kier molecular flexibility index (Phi) is 42.3. The van der Waals surface area contributed by atoms with Gasteiger partial charge in [0.05, 0.1) is 0 Å². The van der Waals surface area contributed by atoms with Crippen molar-refractivity contribution in [2.45, 2.75) is 0 Å². The summed E-state index contributed by atoms with van der Waals surface area (Å²) in [6, 6.07) is 0. The van der Waals surface area contributed by atoms with E-state index in [4.69, 9.17) is 0 Å². The molecule has 0 atom stereocenters. The fraction of sp³-hybridized carbons (Fsp3) is 0.500. The Bertz CT molecular complexity index is 37.3. The summed E-state index contributed by atoms with van der Waals surface area (Å²) >= 11 is 2.22. The van der Waals surface area contributed by atoms with Crippen LogP contribution in [-0.4, -0.2) is 20.0 Å². The molecule has 0 aromatic rings. The first-order chi connectivity index (χ1) is 4.15. The van der Waals surface area contributed by atoms with E-state index < -0.39 is 0 Å². The predicted octanol–water partition coefficient (Wildman–Crippen LogP) is 3.05. The zero-order valence-electron chi connectivity index (χ0n) is 6.13. The summed E-state index contributed by atoms with van der Waals surface area (Å²) in [4.78, 5) is 0. The molecule has 0 amide bonds. The van der Waals surface area contributed by atoms with Crippen LogP contribution in [0.4, 0.5) is 0 Å². The molecular formula is C6H14ClPPd. The van der Waals surface area contributed by atoms with Gasteiger partial charge in [-0.2, -0.15) is 0 Å². The molecule has 0 N–H and O–H groups in total. The van der Waals surface area contributed by atoms with Gasteiger partial charge < -0.3 is 0 Å². The molecule has 0 aliphatic heterocycles. The van der Waals surface area contributed by atoms with Crippen molar-refractivity contribution < 1.29 is 18.2 Å². The Morgan fingerprint density at radius 2 is 1.44 bits per heavy atom. The first-order valence-corrected chi connectivity index (χ1v) is 6.96. The second-order valence-corrected chi connectivity index (χ2v) is 4.31. The molecule has 60 valence electrons. The van der Waals surface area contributed by atoms with Gasteiger partial charge in [-0.1, -0.05) is 0 Å². The standard InChI is InChI=1S/C3H9P.C3H5.ClH.Pd/c1-4(2)3;1-3-2;;/h1-3H3;3H,1-2H2;1H;/q;-1;;+2/p-1. The van der Waals surface area contributed by atoms with Gasteiger partial charge in [0, 0.05) is 0 Å². The third-order valence-electron chi connectivity index (χ3n) is 0. The van der Waals surface area contributed by atoms with E-state index in [0.29, 0.717) is 7.92 Å². The zero-order chi connectivity index (χ0) is 8.28. The molecule has 0 heterocycles. The van der Waals surface area contributed by atoms with E-state index in [1.54, 1.807) is 0 Å². The van der Waals surface area contributed by atoms with E-state index in [-0.39, 0.29) is 0 Å². The Labute approximate surface area is 75.2 Å². The van der Waals surface area contributed by atoms with Crippen LogP contribution >= 0.6 is 17.5 Å². The summed E-state index contributed by atoms with van der Waals surface area (Å²) in [5.41, 5.74) is 0. The number of hydrogen-bond acceptors (Lipinski definition) is 0. The molecule has 9 heavy (non-hydrogen) atoms. The topological polar surface area (TPSA) is 0 Å². The van der Waals surface area contributed by atoms with Crippen LogP contribution in [0.5, 0.6) is 0 Å². The Morgan fingerprint density at radius 3 is 1.44 bits per heavy atom. The van der Waals surface area contributed by atoms with Crippen molar-refractivity contribution in [1.82, 2.24) is 0 Å². The molecule has 0 aliphatic rings. The SMILES string of the molecule is C=C[CH2-].CP(C)C.[Cl][Pd+]. The number of allylic oxidation sites excluding steroid dienone is 1. The van der Waals surface area contributed by atoms with Gasteiger partial charge in [0.15, 0.2) is 0 Å². The van der Waals surface area contributed by atoms with Gasteiger partial charge >= 0.3 is 27.7 Å². The normalized spacial score (nSPS) is 6.11. The summed E-state index contributed by atoms with van der Waals surface area (Å²) in [7, 11) is 4.87. The van der Waals surface area contributed by atoms with E-state index in [9.17, 15) is 0 Å². The van der Waals surface area contributed by atoms with Gasteiger partial charge in [-0.3, -0.25) is 0 Å². The van der Waals surface area contributed by atoms with Crippen LogP contribution in [0.15, 0.2) is 12.7 Å². The van der Waals surface area contributed by atoms with Crippen molar-refractivity contribution in [3.8, 4) is 0 Å². The fourth-order valence-electron chi connectivity index (χ4n) is 0. The van der Waals surface area contributed by atoms with Crippen molar-refractivity contribution in [2.75, 3.05) is 20.0 Å². The maximum absolute atomic E-state index is 4.49. The average molecular weight is 259 g/mol. The summed E-state index contributed by atoms with van der Waals surface area (Å²) in [5, 5.41) is 0. The van der Waals surface area contributed by atoms with Crippen molar-refractivity contribution >= 4 is 17.5 Å². The van der Waals surface area contributed by atoms with E-state index in [1.165, 1.54) is 6.08 Å². The second kappa shape index (κ2) is 23.0. The predicted molar refractivity (Wildman–Crippen MR) is 46.1 cm³/mol. The molecule has 0 fully saturated rings. The Morgan fingerprint density at radius 1 is 1.44 bits per heavy atom. The summed E-state index contributed by atoms with van der Waals surface area (Å²) in [6.07, 6.45) is 1.50. The minimum absolute atomic E-state index is 0.380. The summed E-state index contributed by atoms with van der Waals surface area (Å²) < 4.78 is 0. The van der Waals surface area contributed by atoms with Gasteiger partial charge in [-0.15, -0.1) is 7.92 Å². The molecule has 0 nitrogen and oxygen atoms in total. The van der Waals surface area contributed by atoms with Gasteiger partial charge in [0.25, 0.3) is 0 Å². The quantitative estimate of drug-likeness (QED) is 0.356. The molecular weight excluding hydrogens is 245 g/mol. The number of hydrogen-bond donors (Lipinski definition) is 0. The number of rotatable bonds is 0. The molecule has 0 aromatic heterocycles. The first kappa shape index (κ1) is 16.5. The summed E-state index contributed by atoms with van der Waals surface area (Å²) in [5.74, 6) is 0. The first-order valence-electron chi connectivity index (χ1n) is 2.28. The Hall–Kier alpha value is 0.992. The van der Waals surface area contributed by atoms with E-state index in [0.717, 1.165) is 0 Å². The van der Waals surface area contributed by atoms with Crippen LogP contribution in [0.1, 0.15) is 0 Å². The monoisotopic (exact) mass is 258 g/mol. The van der Waals surface area contributed by atoms with Crippen molar-refractivity contribution in [1.29, 1.82) is 0 Å². The molecule has 0 rings (SSSR count). The molecule has 0 aliphatic carbocycles. The van der Waals surface area contributed by atoms with E-state index in [2.05, 4.69) is 61.2 Å². The van der Waals surface area contributed by atoms with Gasteiger partial charge in [0.1, 0.15) is 0 Å². The van der Waals surface area contributed by atoms with Crippen LogP contribution in [0.25, 0.3) is 0 Å².